The minimum atomic E-state index is -0.774. The van der Waals surface area contributed by atoms with Crippen molar-refractivity contribution < 1.29 is 28.4 Å². The topological polar surface area (TPSA) is 55.4 Å². The number of hydrogen-bond donors (Lipinski definition) is 0. The van der Waals surface area contributed by atoms with E-state index in [4.69, 9.17) is 28.4 Å². The lowest BCUT2D eigenvalue weighted by atomic mass is 10.1. The summed E-state index contributed by atoms with van der Waals surface area (Å²) in [6.07, 6.45) is 11.7. The van der Waals surface area contributed by atoms with Crippen molar-refractivity contribution in [3.8, 4) is 23.0 Å². The van der Waals surface area contributed by atoms with Crippen LogP contribution in [0.2, 0.25) is 0 Å². The molecule has 4 aromatic rings. The Kier molecular flexibility index (Phi) is 15.6. The normalized spacial score (nSPS) is 11.0. The first-order valence-corrected chi connectivity index (χ1v) is 16.0. The molecule has 4 rings (SSSR count). The van der Waals surface area contributed by atoms with Gasteiger partial charge in [-0.1, -0.05) is 124 Å². The van der Waals surface area contributed by atoms with E-state index in [1.807, 2.05) is 121 Å². The number of ether oxygens (including phenoxy) is 6. The third-order valence-corrected chi connectivity index (χ3v) is 6.95. The van der Waals surface area contributed by atoms with Gasteiger partial charge in [0.25, 0.3) is 0 Å². The molecule has 234 valence electrons. The van der Waals surface area contributed by atoms with Crippen LogP contribution < -0.4 is 18.9 Å². The Morgan fingerprint density at radius 3 is 0.773 bits per heavy atom. The first-order chi connectivity index (χ1) is 21.8. The number of benzene rings is 4. The van der Waals surface area contributed by atoms with Gasteiger partial charge in [-0.2, -0.15) is 0 Å². The van der Waals surface area contributed by atoms with E-state index in [0.717, 1.165) is 48.7 Å². The summed E-state index contributed by atoms with van der Waals surface area (Å²) in [6, 6.07) is 38.5. The molecular formula is C38H46O6. The van der Waals surface area contributed by atoms with E-state index < -0.39 is 13.0 Å². The fourth-order valence-corrected chi connectivity index (χ4v) is 4.60. The minimum absolute atomic E-state index is 0.597. The summed E-state index contributed by atoms with van der Waals surface area (Å²) in [6.45, 7) is -0.354. The molecule has 0 aliphatic heterocycles. The third kappa shape index (κ3) is 14.0. The van der Waals surface area contributed by atoms with Gasteiger partial charge in [0.05, 0.1) is 13.2 Å². The molecule has 0 aliphatic carbocycles. The van der Waals surface area contributed by atoms with Gasteiger partial charge in [0.2, 0.25) is 0 Å². The highest BCUT2D eigenvalue weighted by Crippen LogP contribution is 2.19. The van der Waals surface area contributed by atoms with E-state index in [0.29, 0.717) is 13.2 Å². The highest BCUT2D eigenvalue weighted by atomic mass is 16.8. The van der Waals surface area contributed by atoms with E-state index in [-0.39, 0.29) is 0 Å². The molecule has 0 spiro atoms. The highest BCUT2D eigenvalue weighted by Gasteiger charge is 2.14. The van der Waals surface area contributed by atoms with Gasteiger partial charge in [-0.05, 0) is 61.4 Å². The van der Waals surface area contributed by atoms with Crippen molar-refractivity contribution in [2.45, 2.75) is 77.2 Å². The zero-order valence-corrected chi connectivity index (χ0v) is 25.6. The van der Waals surface area contributed by atoms with Crippen LogP contribution in [-0.2, 0) is 9.47 Å². The Morgan fingerprint density at radius 1 is 0.295 bits per heavy atom. The molecule has 44 heavy (non-hydrogen) atoms. The Balaban J connectivity index is 1.00. The van der Waals surface area contributed by atoms with Crippen LogP contribution in [0.1, 0.15) is 64.2 Å². The van der Waals surface area contributed by atoms with E-state index in [9.17, 15) is 0 Å². The van der Waals surface area contributed by atoms with Gasteiger partial charge in [0, 0.05) is 0 Å². The maximum atomic E-state index is 5.95. The first kappa shape index (κ1) is 32.9. The molecule has 6 heteroatoms. The van der Waals surface area contributed by atoms with Gasteiger partial charge in [-0.25, -0.2) is 0 Å². The van der Waals surface area contributed by atoms with Gasteiger partial charge in [0.15, 0.2) is 0 Å². The van der Waals surface area contributed by atoms with Crippen LogP contribution in [0.25, 0.3) is 0 Å². The first-order valence-electron chi connectivity index (χ1n) is 16.0. The molecular weight excluding hydrogens is 552 g/mol. The Bertz CT molecular complexity index is 1040. The van der Waals surface area contributed by atoms with Gasteiger partial charge in [-0.3, -0.25) is 0 Å². The number of rotatable bonds is 23. The van der Waals surface area contributed by atoms with Crippen LogP contribution in [0.5, 0.6) is 23.0 Å². The second-order valence-corrected chi connectivity index (χ2v) is 10.6. The lowest BCUT2D eigenvalue weighted by Crippen LogP contribution is -2.28. The van der Waals surface area contributed by atoms with Crippen LogP contribution in [0.3, 0.4) is 0 Å². The van der Waals surface area contributed by atoms with Crippen LogP contribution >= 0.6 is 0 Å². The SMILES string of the molecule is c1ccc(OC(OCCCCCCCCCCCCOC(Oc2ccccc2)Oc2ccccc2)Oc2ccccc2)cc1. The van der Waals surface area contributed by atoms with Crippen LogP contribution in [-0.4, -0.2) is 26.2 Å². The summed E-state index contributed by atoms with van der Waals surface area (Å²) in [4.78, 5) is 0. The Morgan fingerprint density at radius 2 is 0.523 bits per heavy atom. The van der Waals surface area contributed by atoms with Crippen molar-refractivity contribution in [1.29, 1.82) is 0 Å². The summed E-state index contributed by atoms with van der Waals surface area (Å²) in [5.74, 6) is 2.89. The van der Waals surface area contributed by atoms with Gasteiger partial charge in [-0.15, -0.1) is 0 Å². The van der Waals surface area contributed by atoms with Crippen molar-refractivity contribution in [1.82, 2.24) is 0 Å². The van der Waals surface area contributed by atoms with Crippen LogP contribution in [0.4, 0.5) is 0 Å². The fourth-order valence-electron chi connectivity index (χ4n) is 4.60. The molecule has 4 aromatic carbocycles. The smallest absolute Gasteiger partial charge is 0.360 e. The number of para-hydroxylation sites is 4. The molecule has 0 N–H and O–H groups in total. The molecule has 0 unspecified atom stereocenters. The summed E-state index contributed by atoms with van der Waals surface area (Å²) in [5, 5.41) is 0. The third-order valence-electron chi connectivity index (χ3n) is 6.95. The van der Waals surface area contributed by atoms with Crippen molar-refractivity contribution >= 4 is 0 Å². The van der Waals surface area contributed by atoms with E-state index in [1.54, 1.807) is 0 Å². The highest BCUT2D eigenvalue weighted by molar-refractivity contribution is 5.24. The van der Waals surface area contributed by atoms with Gasteiger partial charge < -0.3 is 28.4 Å². The Hall–Kier alpha value is -4.00. The average Bonchev–Trinajstić information content (AvgIpc) is 3.06. The number of unbranched alkanes of at least 4 members (excludes halogenated alkanes) is 9. The van der Waals surface area contributed by atoms with Crippen molar-refractivity contribution in [3.63, 3.8) is 0 Å². The quantitative estimate of drug-likeness (QED) is 0.0626. The molecule has 0 aromatic heterocycles. The lowest BCUT2D eigenvalue weighted by molar-refractivity contribution is -0.199. The lowest BCUT2D eigenvalue weighted by Gasteiger charge is -2.20. The Labute approximate surface area is 262 Å². The van der Waals surface area contributed by atoms with Crippen LogP contribution in [0, 0.1) is 0 Å². The van der Waals surface area contributed by atoms with Crippen molar-refractivity contribution in [2.75, 3.05) is 13.2 Å². The summed E-state index contributed by atoms with van der Waals surface area (Å²) in [7, 11) is 0. The molecule has 0 radical (unpaired) electrons. The minimum Gasteiger partial charge on any atom is -0.432 e. The molecule has 0 saturated carbocycles. The zero-order chi connectivity index (χ0) is 30.3. The zero-order valence-electron chi connectivity index (χ0n) is 25.6. The van der Waals surface area contributed by atoms with E-state index in [2.05, 4.69) is 0 Å². The maximum Gasteiger partial charge on any atom is 0.360 e. The predicted molar refractivity (Wildman–Crippen MR) is 174 cm³/mol. The molecule has 0 atom stereocenters. The summed E-state index contributed by atoms with van der Waals surface area (Å²) in [5.41, 5.74) is 0. The van der Waals surface area contributed by atoms with Gasteiger partial charge >= 0.3 is 13.0 Å². The monoisotopic (exact) mass is 598 g/mol. The standard InChI is InChI=1S/C38H46O6/c1(3-5-7-21-31-39-37(41-33-23-13-9-14-24-33)42-34-25-15-10-16-26-34)2-4-6-8-22-32-40-38(43-35-27-17-11-18-28-35)44-36-29-19-12-20-30-36/h9-20,23-30,37-38H,1-8,21-22,31-32H2. The molecule has 0 bridgehead atoms. The summed E-state index contributed by atoms with van der Waals surface area (Å²) < 4.78 is 35.6. The van der Waals surface area contributed by atoms with E-state index >= 15 is 0 Å². The predicted octanol–water partition coefficient (Wildman–Crippen LogP) is 9.80. The maximum absolute atomic E-state index is 5.95. The molecule has 0 amide bonds. The van der Waals surface area contributed by atoms with Crippen molar-refractivity contribution in [2.24, 2.45) is 0 Å². The molecule has 0 fully saturated rings. The largest absolute Gasteiger partial charge is 0.432 e. The second kappa shape index (κ2) is 20.8. The molecule has 0 aliphatic rings. The van der Waals surface area contributed by atoms with Crippen molar-refractivity contribution in [3.05, 3.63) is 121 Å². The fraction of sp³-hybridized carbons (Fsp3) is 0.368. The second-order valence-electron chi connectivity index (χ2n) is 10.6. The van der Waals surface area contributed by atoms with E-state index in [1.165, 1.54) is 38.5 Å². The van der Waals surface area contributed by atoms with Gasteiger partial charge in [0.1, 0.15) is 23.0 Å². The molecule has 0 saturated heterocycles. The molecule has 6 nitrogen and oxygen atoms in total. The molecule has 0 heterocycles. The number of hydrogen-bond acceptors (Lipinski definition) is 6. The summed E-state index contributed by atoms with van der Waals surface area (Å²) >= 11 is 0. The van der Waals surface area contributed by atoms with Crippen LogP contribution in [0.15, 0.2) is 121 Å². The average molecular weight is 599 g/mol.